The summed E-state index contributed by atoms with van der Waals surface area (Å²) in [4.78, 5) is 4.14. The SMILES string of the molecule is CCCC(N)=Nc1c(Cl)cc(F)cc1Br. The molecule has 0 unspecified atom stereocenters. The van der Waals surface area contributed by atoms with E-state index in [2.05, 4.69) is 20.9 Å². The molecule has 0 heterocycles. The molecule has 0 aliphatic rings. The van der Waals surface area contributed by atoms with Gasteiger partial charge in [-0.1, -0.05) is 18.5 Å². The van der Waals surface area contributed by atoms with E-state index in [0.29, 0.717) is 22.4 Å². The van der Waals surface area contributed by atoms with Gasteiger partial charge in [-0.2, -0.15) is 0 Å². The molecular formula is C10H11BrClFN2. The van der Waals surface area contributed by atoms with E-state index in [1.165, 1.54) is 12.1 Å². The summed E-state index contributed by atoms with van der Waals surface area (Å²) in [7, 11) is 0. The minimum Gasteiger partial charge on any atom is -0.387 e. The van der Waals surface area contributed by atoms with Gasteiger partial charge in [0.25, 0.3) is 0 Å². The average Bonchev–Trinajstić information content (AvgIpc) is 2.11. The Morgan fingerprint density at radius 3 is 2.80 bits per heavy atom. The van der Waals surface area contributed by atoms with Crippen molar-refractivity contribution < 1.29 is 4.39 Å². The van der Waals surface area contributed by atoms with Crippen LogP contribution in [-0.4, -0.2) is 5.84 Å². The number of nitrogens with two attached hydrogens (primary N) is 1. The number of nitrogens with zero attached hydrogens (tertiary/aromatic N) is 1. The Kier molecular flexibility index (Phi) is 4.54. The van der Waals surface area contributed by atoms with E-state index in [0.717, 1.165) is 6.42 Å². The molecule has 1 rings (SSSR count). The number of hydrogen-bond donors (Lipinski definition) is 1. The van der Waals surface area contributed by atoms with Gasteiger partial charge < -0.3 is 5.73 Å². The molecule has 0 aliphatic heterocycles. The van der Waals surface area contributed by atoms with Crippen molar-refractivity contribution in [2.45, 2.75) is 19.8 Å². The zero-order valence-electron chi connectivity index (χ0n) is 8.23. The molecule has 0 bridgehead atoms. The van der Waals surface area contributed by atoms with Crippen molar-refractivity contribution in [3.8, 4) is 0 Å². The number of rotatable bonds is 3. The number of benzene rings is 1. The minimum absolute atomic E-state index is 0.251. The Balaban J connectivity index is 3.09. The summed E-state index contributed by atoms with van der Waals surface area (Å²) in [5, 5.41) is 0.251. The van der Waals surface area contributed by atoms with Crippen LogP contribution in [0.15, 0.2) is 21.6 Å². The summed E-state index contributed by atoms with van der Waals surface area (Å²) in [5.74, 6) is 0.0894. The lowest BCUT2D eigenvalue weighted by molar-refractivity contribution is 0.627. The largest absolute Gasteiger partial charge is 0.387 e. The van der Waals surface area contributed by atoms with Crippen LogP contribution in [0.3, 0.4) is 0 Å². The third kappa shape index (κ3) is 3.47. The van der Waals surface area contributed by atoms with E-state index < -0.39 is 5.82 Å². The number of halogens is 3. The van der Waals surface area contributed by atoms with Crippen molar-refractivity contribution in [2.24, 2.45) is 10.7 Å². The van der Waals surface area contributed by atoms with Gasteiger partial charge in [0.1, 0.15) is 5.82 Å². The van der Waals surface area contributed by atoms with Gasteiger partial charge in [0, 0.05) is 10.9 Å². The molecule has 5 heteroatoms. The van der Waals surface area contributed by atoms with Crippen molar-refractivity contribution >= 4 is 39.1 Å². The van der Waals surface area contributed by atoms with Crippen LogP contribution in [0, 0.1) is 5.82 Å². The van der Waals surface area contributed by atoms with Crippen LogP contribution in [0.1, 0.15) is 19.8 Å². The first kappa shape index (κ1) is 12.5. The van der Waals surface area contributed by atoms with E-state index in [1.54, 1.807) is 0 Å². The van der Waals surface area contributed by atoms with Gasteiger partial charge in [-0.15, -0.1) is 0 Å². The number of hydrogen-bond acceptors (Lipinski definition) is 1. The van der Waals surface area contributed by atoms with Crippen LogP contribution in [0.2, 0.25) is 5.02 Å². The molecule has 0 spiro atoms. The lowest BCUT2D eigenvalue weighted by Gasteiger charge is -2.04. The fourth-order valence-electron chi connectivity index (χ4n) is 1.10. The lowest BCUT2D eigenvalue weighted by atomic mass is 10.3. The molecule has 82 valence electrons. The third-order valence-corrected chi connectivity index (χ3v) is 2.64. The summed E-state index contributed by atoms with van der Waals surface area (Å²) < 4.78 is 13.4. The molecule has 0 atom stereocenters. The quantitative estimate of drug-likeness (QED) is 0.663. The molecule has 2 nitrogen and oxygen atoms in total. The summed E-state index contributed by atoms with van der Waals surface area (Å²) >= 11 is 9.04. The van der Waals surface area contributed by atoms with Gasteiger partial charge in [0.05, 0.1) is 16.5 Å². The van der Waals surface area contributed by atoms with Crippen molar-refractivity contribution in [3.63, 3.8) is 0 Å². The highest BCUT2D eigenvalue weighted by Crippen LogP contribution is 2.34. The smallest absolute Gasteiger partial charge is 0.125 e. The highest BCUT2D eigenvalue weighted by Gasteiger charge is 2.07. The first-order valence-electron chi connectivity index (χ1n) is 4.52. The predicted octanol–water partition coefficient (Wildman–Crippen LogP) is 4.03. The van der Waals surface area contributed by atoms with Gasteiger partial charge in [0.15, 0.2) is 0 Å². The highest BCUT2D eigenvalue weighted by atomic mass is 79.9. The minimum atomic E-state index is -0.403. The second-order valence-electron chi connectivity index (χ2n) is 3.07. The topological polar surface area (TPSA) is 38.4 Å². The van der Waals surface area contributed by atoms with Crippen LogP contribution < -0.4 is 5.73 Å². The third-order valence-electron chi connectivity index (χ3n) is 1.74. The molecule has 0 aromatic heterocycles. The maximum absolute atomic E-state index is 12.9. The Morgan fingerprint density at radius 2 is 2.27 bits per heavy atom. The maximum Gasteiger partial charge on any atom is 0.125 e. The van der Waals surface area contributed by atoms with Gasteiger partial charge in [-0.3, -0.25) is 0 Å². The van der Waals surface area contributed by atoms with Crippen LogP contribution >= 0.6 is 27.5 Å². The van der Waals surface area contributed by atoms with Gasteiger partial charge in [0.2, 0.25) is 0 Å². The van der Waals surface area contributed by atoms with Crippen molar-refractivity contribution in [2.75, 3.05) is 0 Å². The second-order valence-corrected chi connectivity index (χ2v) is 4.33. The van der Waals surface area contributed by atoms with Crippen molar-refractivity contribution in [1.82, 2.24) is 0 Å². The lowest BCUT2D eigenvalue weighted by Crippen LogP contribution is -2.10. The highest BCUT2D eigenvalue weighted by molar-refractivity contribution is 9.10. The first-order valence-corrected chi connectivity index (χ1v) is 5.69. The zero-order valence-corrected chi connectivity index (χ0v) is 10.6. The van der Waals surface area contributed by atoms with Gasteiger partial charge in [-0.25, -0.2) is 9.38 Å². The van der Waals surface area contributed by atoms with E-state index in [-0.39, 0.29) is 5.02 Å². The molecule has 15 heavy (non-hydrogen) atoms. The molecule has 1 aromatic carbocycles. The molecule has 0 fully saturated rings. The Hall–Kier alpha value is -0.610. The molecule has 0 aliphatic carbocycles. The monoisotopic (exact) mass is 292 g/mol. The summed E-state index contributed by atoms with van der Waals surface area (Å²) in [6, 6.07) is 2.52. The fourth-order valence-corrected chi connectivity index (χ4v) is 1.98. The standard InChI is InChI=1S/C10H11BrClFN2/c1-2-3-9(14)15-10-7(11)4-6(13)5-8(10)12/h4-5H,2-3H2,1H3,(H2,14,15). The maximum atomic E-state index is 12.9. The van der Waals surface area contributed by atoms with E-state index in [4.69, 9.17) is 17.3 Å². The summed E-state index contributed by atoms with van der Waals surface area (Å²) in [6.45, 7) is 2.00. The number of aliphatic imine (C=N–C) groups is 1. The predicted molar refractivity (Wildman–Crippen MR) is 65.3 cm³/mol. The molecule has 2 N–H and O–H groups in total. The van der Waals surface area contributed by atoms with Gasteiger partial charge >= 0.3 is 0 Å². The Bertz CT molecular complexity index is 370. The molecule has 0 saturated heterocycles. The molecular weight excluding hydrogens is 282 g/mol. The Labute approximate surface area is 101 Å². The average molecular weight is 294 g/mol. The zero-order chi connectivity index (χ0) is 11.4. The normalized spacial score (nSPS) is 11.9. The molecule has 0 radical (unpaired) electrons. The van der Waals surface area contributed by atoms with E-state index >= 15 is 0 Å². The first-order chi connectivity index (χ1) is 7.04. The van der Waals surface area contributed by atoms with E-state index in [9.17, 15) is 4.39 Å². The molecule has 0 amide bonds. The summed E-state index contributed by atoms with van der Waals surface area (Å²) in [6.07, 6.45) is 1.60. The van der Waals surface area contributed by atoms with Gasteiger partial charge in [-0.05, 0) is 34.5 Å². The second kappa shape index (κ2) is 5.47. The summed E-state index contributed by atoms with van der Waals surface area (Å²) in [5.41, 5.74) is 6.14. The molecule has 1 aromatic rings. The fraction of sp³-hybridized carbons (Fsp3) is 0.300. The molecule has 0 saturated carbocycles. The van der Waals surface area contributed by atoms with Crippen molar-refractivity contribution in [1.29, 1.82) is 0 Å². The van der Waals surface area contributed by atoms with Crippen LogP contribution in [-0.2, 0) is 0 Å². The van der Waals surface area contributed by atoms with E-state index in [1.807, 2.05) is 6.92 Å². The van der Waals surface area contributed by atoms with Crippen LogP contribution in [0.4, 0.5) is 10.1 Å². The Morgan fingerprint density at radius 1 is 1.60 bits per heavy atom. The van der Waals surface area contributed by atoms with Crippen LogP contribution in [0.25, 0.3) is 0 Å². The van der Waals surface area contributed by atoms with Crippen molar-refractivity contribution in [3.05, 3.63) is 27.4 Å². The number of amidine groups is 1. The van der Waals surface area contributed by atoms with Crippen LogP contribution in [0.5, 0.6) is 0 Å².